The minimum absolute atomic E-state index is 0.0326. The molecule has 2 aliphatic rings. The third-order valence-electron chi connectivity index (χ3n) is 5.54. The van der Waals surface area contributed by atoms with E-state index in [9.17, 15) is 14.0 Å². The molecule has 2 aliphatic heterocycles. The summed E-state index contributed by atoms with van der Waals surface area (Å²) in [6.45, 7) is 3.90. The van der Waals surface area contributed by atoms with Crippen LogP contribution in [0.2, 0.25) is 0 Å². The molecule has 0 saturated carbocycles. The molecule has 6 heteroatoms. The molecule has 4 rings (SSSR count). The van der Waals surface area contributed by atoms with E-state index in [-0.39, 0.29) is 17.6 Å². The van der Waals surface area contributed by atoms with Crippen LogP contribution in [0.5, 0.6) is 0 Å². The summed E-state index contributed by atoms with van der Waals surface area (Å²) >= 11 is 0. The molecule has 2 saturated heterocycles. The second-order valence-electron chi connectivity index (χ2n) is 7.63. The summed E-state index contributed by atoms with van der Waals surface area (Å²) in [6, 6.07) is 13.7. The van der Waals surface area contributed by atoms with Gasteiger partial charge in [0, 0.05) is 38.2 Å². The monoisotopic (exact) mass is 381 g/mol. The zero-order valence-electron chi connectivity index (χ0n) is 15.9. The van der Waals surface area contributed by atoms with Gasteiger partial charge in [0.15, 0.2) is 0 Å². The SMILES string of the molecule is Cc1ccc(F)c(CN2CCN3C(=O)[C@H](Cc4ccccc4)NC(=O)[C@H]3C2)c1. The maximum absolute atomic E-state index is 14.1. The molecule has 2 atom stereocenters. The standard InChI is InChI=1S/C22H24FN3O2/c1-15-7-8-18(23)17(11-15)13-25-9-10-26-20(14-25)21(27)24-19(22(26)28)12-16-5-3-2-4-6-16/h2-8,11,19-20H,9-10,12-14H2,1H3,(H,24,27)/t19-,20+/m0/s1. The number of nitrogens with one attached hydrogen (secondary N) is 1. The Balaban J connectivity index is 1.43. The summed E-state index contributed by atoms with van der Waals surface area (Å²) in [4.78, 5) is 29.3. The van der Waals surface area contributed by atoms with Crippen LogP contribution >= 0.6 is 0 Å². The number of hydrogen-bond acceptors (Lipinski definition) is 3. The van der Waals surface area contributed by atoms with Crippen LogP contribution < -0.4 is 5.32 Å². The topological polar surface area (TPSA) is 52.6 Å². The summed E-state index contributed by atoms with van der Waals surface area (Å²) in [5, 5.41) is 2.89. The van der Waals surface area contributed by atoms with Gasteiger partial charge >= 0.3 is 0 Å². The van der Waals surface area contributed by atoms with Crippen molar-refractivity contribution in [3.63, 3.8) is 0 Å². The Hall–Kier alpha value is -2.73. The van der Waals surface area contributed by atoms with Gasteiger partial charge < -0.3 is 10.2 Å². The number of halogens is 1. The van der Waals surface area contributed by atoms with E-state index in [1.807, 2.05) is 48.2 Å². The van der Waals surface area contributed by atoms with Crippen LogP contribution in [0.3, 0.4) is 0 Å². The average Bonchev–Trinajstić information content (AvgIpc) is 2.69. The first-order valence-electron chi connectivity index (χ1n) is 9.63. The highest BCUT2D eigenvalue weighted by Gasteiger charge is 2.43. The Morgan fingerprint density at radius 1 is 1.11 bits per heavy atom. The average molecular weight is 381 g/mol. The van der Waals surface area contributed by atoms with Crippen LogP contribution in [0.1, 0.15) is 16.7 Å². The second-order valence-corrected chi connectivity index (χ2v) is 7.63. The van der Waals surface area contributed by atoms with Crippen molar-refractivity contribution in [3.8, 4) is 0 Å². The first-order valence-corrected chi connectivity index (χ1v) is 9.63. The number of carbonyl (C=O) groups excluding carboxylic acids is 2. The van der Waals surface area contributed by atoms with Gasteiger partial charge in [-0.1, -0.05) is 48.0 Å². The Labute approximate surface area is 164 Å². The minimum Gasteiger partial charge on any atom is -0.342 e. The largest absolute Gasteiger partial charge is 0.342 e. The summed E-state index contributed by atoms with van der Waals surface area (Å²) in [5.41, 5.74) is 2.65. The lowest BCUT2D eigenvalue weighted by atomic mass is 9.98. The lowest BCUT2D eigenvalue weighted by molar-refractivity contribution is -0.153. The Morgan fingerprint density at radius 2 is 1.89 bits per heavy atom. The fourth-order valence-electron chi connectivity index (χ4n) is 4.05. The number of hydrogen-bond donors (Lipinski definition) is 1. The van der Waals surface area contributed by atoms with Crippen LogP contribution in [-0.4, -0.2) is 53.3 Å². The smallest absolute Gasteiger partial charge is 0.246 e. The summed E-state index contributed by atoms with van der Waals surface area (Å²) in [5.74, 6) is -0.398. The normalized spacial score (nSPS) is 22.7. The molecule has 28 heavy (non-hydrogen) atoms. The highest BCUT2D eigenvalue weighted by atomic mass is 19.1. The molecule has 2 fully saturated rings. The highest BCUT2D eigenvalue weighted by molar-refractivity contribution is 5.97. The number of amides is 2. The second kappa shape index (κ2) is 7.72. The van der Waals surface area contributed by atoms with Crippen LogP contribution in [0.15, 0.2) is 48.5 Å². The molecule has 2 heterocycles. The van der Waals surface area contributed by atoms with E-state index in [1.54, 1.807) is 11.0 Å². The molecule has 146 valence electrons. The predicted octanol–water partition coefficient (Wildman–Crippen LogP) is 1.89. The van der Waals surface area contributed by atoms with Crippen molar-refractivity contribution in [2.75, 3.05) is 19.6 Å². The maximum Gasteiger partial charge on any atom is 0.246 e. The molecule has 0 bridgehead atoms. The summed E-state index contributed by atoms with van der Waals surface area (Å²) in [6.07, 6.45) is 0.493. The Bertz CT molecular complexity index is 887. The number of fused-ring (bicyclic) bond motifs is 1. The van der Waals surface area contributed by atoms with Gasteiger partial charge in [0.2, 0.25) is 11.8 Å². The molecule has 2 aromatic rings. The molecule has 5 nitrogen and oxygen atoms in total. The first kappa shape index (κ1) is 18.6. The first-order chi connectivity index (χ1) is 13.5. The molecule has 2 aromatic carbocycles. The molecule has 0 aliphatic carbocycles. The number of nitrogens with zero attached hydrogens (tertiary/aromatic N) is 2. The van der Waals surface area contributed by atoms with Crippen molar-refractivity contribution >= 4 is 11.8 Å². The molecular weight excluding hydrogens is 357 g/mol. The molecule has 2 amide bonds. The fourth-order valence-corrected chi connectivity index (χ4v) is 4.05. The third-order valence-corrected chi connectivity index (χ3v) is 5.54. The lowest BCUT2D eigenvalue weighted by Gasteiger charge is -2.45. The van der Waals surface area contributed by atoms with Gasteiger partial charge in [0.1, 0.15) is 17.9 Å². The number of benzene rings is 2. The minimum atomic E-state index is -0.521. The maximum atomic E-state index is 14.1. The van der Waals surface area contributed by atoms with Gasteiger partial charge in [0.05, 0.1) is 0 Å². The zero-order valence-corrected chi connectivity index (χ0v) is 15.9. The van der Waals surface area contributed by atoms with E-state index in [0.717, 1.165) is 11.1 Å². The zero-order chi connectivity index (χ0) is 19.7. The third kappa shape index (κ3) is 3.78. The van der Waals surface area contributed by atoms with Crippen molar-refractivity contribution in [1.82, 2.24) is 15.1 Å². The number of aryl methyl sites for hydroxylation is 1. The van der Waals surface area contributed by atoms with Gasteiger partial charge in [-0.2, -0.15) is 0 Å². The van der Waals surface area contributed by atoms with Crippen LogP contribution in [0, 0.1) is 12.7 Å². The van der Waals surface area contributed by atoms with Gasteiger partial charge in [-0.25, -0.2) is 4.39 Å². The molecule has 0 unspecified atom stereocenters. The van der Waals surface area contributed by atoms with Crippen molar-refractivity contribution in [1.29, 1.82) is 0 Å². The van der Waals surface area contributed by atoms with Crippen molar-refractivity contribution in [2.24, 2.45) is 0 Å². The molecular formula is C22H24FN3O2. The summed E-state index contributed by atoms with van der Waals surface area (Å²) < 4.78 is 14.1. The molecule has 1 N–H and O–H groups in total. The molecule has 0 spiro atoms. The van der Waals surface area contributed by atoms with Crippen LogP contribution in [-0.2, 0) is 22.6 Å². The van der Waals surface area contributed by atoms with E-state index in [0.29, 0.717) is 38.2 Å². The number of carbonyl (C=O) groups is 2. The van der Waals surface area contributed by atoms with E-state index < -0.39 is 12.1 Å². The Morgan fingerprint density at radius 3 is 2.68 bits per heavy atom. The number of rotatable bonds is 4. The van der Waals surface area contributed by atoms with E-state index in [1.165, 1.54) is 6.07 Å². The molecule has 0 aromatic heterocycles. The van der Waals surface area contributed by atoms with E-state index in [2.05, 4.69) is 5.32 Å². The highest BCUT2D eigenvalue weighted by Crippen LogP contribution is 2.21. The van der Waals surface area contributed by atoms with Crippen LogP contribution in [0.25, 0.3) is 0 Å². The fraction of sp³-hybridized carbons (Fsp3) is 0.364. The quantitative estimate of drug-likeness (QED) is 0.880. The van der Waals surface area contributed by atoms with Crippen LogP contribution in [0.4, 0.5) is 4.39 Å². The Kier molecular flexibility index (Phi) is 5.13. The lowest BCUT2D eigenvalue weighted by Crippen LogP contribution is -2.69. The van der Waals surface area contributed by atoms with Crippen molar-refractivity contribution in [2.45, 2.75) is 32.0 Å². The van der Waals surface area contributed by atoms with Gasteiger partial charge in [-0.3, -0.25) is 14.5 Å². The van der Waals surface area contributed by atoms with Crippen molar-refractivity contribution in [3.05, 3.63) is 71.0 Å². The molecule has 0 radical (unpaired) electrons. The van der Waals surface area contributed by atoms with E-state index in [4.69, 9.17) is 0 Å². The van der Waals surface area contributed by atoms with Gasteiger partial charge in [0.25, 0.3) is 0 Å². The van der Waals surface area contributed by atoms with Gasteiger partial charge in [-0.05, 0) is 18.6 Å². The van der Waals surface area contributed by atoms with Crippen molar-refractivity contribution < 1.29 is 14.0 Å². The number of piperazine rings is 2. The van der Waals surface area contributed by atoms with Gasteiger partial charge in [-0.15, -0.1) is 0 Å². The van der Waals surface area contributed by atoms with E-state index >= 15 is 0 Å². The summed E-state index contributed by atoms with van der Waals surface area (Å²) in [7, 11) is 0. The predicted molar refractivity (Wildman–Crippen MR) is 104 cm³/mol.